The Labute approximate surface area is 152 Å². The zero-order valence-corrected chi connectivity index (χ0v) is 15.7. The number of aromatic nitrogens is 2. The van der Waals surface area contributed by atoms with Crippen LogP contribution in [-0.2, 0) is 0 Å². The van der Waals surface area contributed by atoms with Crippen LogP contribution >= 0.6 is 0 Å². The van der Waals surface area contributed by atoms with Gasteiger partial charge >= 0.3 is 0 Å². The van der Waals surface area contributed by atoms with Gasteiger partial charge in [0.2, 0.25) is 0 Å². The second kappa shape index (κ2) is 20.8. The van der Waals surface area contributed by atoms with Crippen molar-refractivity contribution in [2.24, 2.45) is 11.5 Å². The smallest absolute Gasteiger partial charge is 0.0986 e. The summed E-state index contributed by atoms with van der Waals surface area (Å²) in [5, 5.41) is 13.1. The molecule has 1 aromatic heterocycles. The Morgan fingerprint density at radius 2 is 1.32 bits per heavy atom. The summed E-state index contributed by atoms with van der Waals surface area (Å²) in [5.74, 6) is 0. The summed E-state index contributed by atoms with van der Waals surface area (Å²) >= 11 is 0. The van der Waals surface area contributed by atoms with Crippen molar-refractivity contribution in [1.29, 1.82) is 0 Å². The molecule has 0 fully saturated rings. The predicted molar refractivity (Wildman–Crippen MR) is 107 cm³/mol. The SMILES string of the molecule is CCC=Cn1ccnc1.NCCNCCNCCNCCNCCN. The van der Waals surface area contributed by atoms with Crippen LogP contribution in [0.1, 0.15) is 13.3 Å². The lowest BCUT2D eigenvalue weighted by Crippen LogP contribution is -2.36. The van der Waals surface area contributed by atoms with Crippen LogP contribution in [-0.4, -0.2) is 75.0 Å². The highest BCUT2D eigenvalue weighted by molar-refractivity contribution is 5.20. The summed E-state index contributed by atoms with van der Waals surface area (Å²) in [6.45, 7) is 11.3. The van der Waals surface area contributed by atoms with Crippen LogP contribution in [0.25, 0.3) is 6.20 Å². The molecule has 1 rings (SSSR count). The molecule has 0 saturated heterocycles. The van der Waals surface area contributed by atoms with E-state index in [9.17, 15) is 0 Å². The molecular formula is C17H38N8. The van der Waals surface area contributed by atoms with Crippen LogP contribution in [0.15, 0.2) is 24.8 Å². The lowest BCUT2D eigenvalue weighted by molar-refractivity contribution is 0.569. The molecule has 8 heteroatoms. The molecule has 0 amide bonds. The molecule has 0 aliphatic heterocycles. The van der Waals surface area contributed by atoms with Crippen molar-refractivity contribution >= 4 is 6.20 Å². The average molecular weight is 355 g/mol. The van der Waals surface area contributed by atoms with E-state index in [0.29, 0.717) is 13.1 Å². The third kappa shape index (κ3) is 18.9. The van der Waals surface area contributed by atoms with Gasteiger partial charge in [0.05, 0.1) is 6.33 Å². The van der Waals surface area contributed by atoms with Crippen LogP contribution in [0.4, 0.5) is 0 Å². The Balaban J connectivity index is 0.000000535. The van der Waals surface area contributed by atoms with Gasteiger partial charge in [-0.3, -0.25) is 0 Å². The second-order valence-electron chi connectivity index (χ2n) is 5.38. The lowest BCUT2D eigenvalue weighted by Gasteiger charge is -2.07. The average Bonchev–Trinajstić information content (AvgIpc) is 3.15. The van der Waals surface area contributed by atoms with E-state index in [0.717, 1.165) is 58.8 Å². The first-order valence-electron chi connectivity index (χ1n) is 9.22. The summed E-state index contributed by atoms with van der Waals surface area (Å²) in [5.41, 5.74) is 10.7. The van der Waals surface area contributed by atoms with Crippen molar-refractivity contribution < 1.29 is 0 Å². The molecule has 0 bridgehead atoms. The Bertz CT molecular complexity index is 353. The molecule has 25 heavy (non-hydrogen) atoms. The van der Waals surface area contributed by atoms with E-state index in [1.807, 2.05) is 17.0 Å². The van der Waals surface area contributed by atoms with E-state index in [1.165, 1.54) is 0 Å². The normalized spacial score (nSPS) is 10.8. The van der Waals surface area contributed by atoms with Gasteiger partial charge in [0.25, 0.3) is 0 Å². The highest BCUT2D eigenvalue weighted by Crippen LogP contribution is 1.87. The maximum atomic E-state index is 5.35. The summed E-state index contributed by atoms with van der Waals surface area (Å²) in [7, 11) is 0. The molecule has 0 saturated carbocycles. The Morgan fingerprint density at radius 1 is 0.840 bits per heavy atom. The summed E-state index contributed by atoms with van der Waals surface area (Å²) < 4.78 is 1.92. The standard InChI is InChI=1S/C10H28N6.C7H10N2/c11-1-3-13-5-7-15-9-10-16-8-6-14-4-2-12;1-2-3-5-9-6-4-8-7-9/h13-16H,1-12H2;3-7H,2H2,1H3. The maximum Gasteiger partial charge on any atom is 0.0986 e. The highest BCUT2D eigenvalue weighted by atomic mass is 15.0. The third-order valence-electron chi connectivity index (χ3n) is 3.12. The molecule has 8 N–H and O–H groups in total. The first-order chi connectivity index (χ1) is 12.3. The molecule has 0 unspecified atom stereocenters. The van der Waals surface area contributed by atoms with Gasteiger partial charge in [0, 0.05) is 84.0 Å². The zero-order valence-electron chi connectivity index (χ0n) is 15.7. The van der Waals surface area contributed by atoms with E-state index < -0.39 is 0 Å². The van der Waals surface area contributed by atoms with E-state index in [4.69, 9.17) is 11.5 Å². The first kappa shape index (κ1) is 23.7. The molecular weight excluding hydrogens is 316 g/mol. The Hall–Kier alpha value is -1.29. The third-order valence-corrected chi connectivity index (χ3v) is 3.12. The Kier molecular flexibility index (Phi) is 19.7. The molecule has 0 spiro atoms. The van der Waals surface area contributed by atoms with Crippen LogP contribution < -0.4 is 32.7 Å². The van der Waals surface area contributed by atoms with Crippen molar-refractivity contribution in [2.75, 3.05) is 65.4 Å². The highest BCUT2D eigenvalue weighted by Gasteiger charge is 1.89. The van der Waals surface area contributed by atoms with Gasteiger partial charge in [-0.25, -0.2) is 4.98 Å². The molecule has 0 aliphatic rings. The van der Waals surface area contributed by atoms with Crippen molar-refractivity contribution in [1.82, 2.24) is 30.8 Å². The number of nitrogens with one attached hydrogen (secondary N) is 4. The fourth-order valence-corrected chi connectivity index (χ4v) is 1.82. The van der Waals surface area contributed by atoms with Gasteiger partial charge in [-0.15, -0.1) is 0 Å². The lowest BCUT2D eigenvalue weighted by atomic mass is 10.5. The van der Waals surface area contributed by atoms with Gasteiger partial charge in [0.15, 0.2) is 0 Å². The zero-order chi connectivity index (χ0) is 18.4. The number of rotatable bonds is 15. The van der Waals surface area contributed by atoms with Crippen molar-refractivity contribution in [3.8, 4) is 0 Å². The van der Waals surface area contributed by atoms with Crippen molar-refractivity contribution in [3.05, 3.63) is 24.8 Å². The van der Waals surface area contributed by atoms with E-state index >= 15 is 0 Å². The van der Waals surface area contributed by atoms with Gasteiger partial charge in [-0.2, -0.15) is 0 Å². The molecule has 0 radical (unpaired) electrons. The molecule has 0 atom stereocenters. The maximum absolute atomic E-state index is 5.35. The number of allylic oxidation sites excluding steroid dienone is 1. The summed E-state index contributed by atoms with van der Waals surface area (Å²) in [6, 6.07) is 0. The minimum absolute atomic E-state index is 0.706. The summed E-state index contributed by atoms with van der Waals surface area (Å²) in [4.78, 5) is 3.89. The van der Waals surface area contributed by atoms with Crippen molar-refractivity contribution in [3.63, 3.8) is 0 Å². The molecule has 1 aromatic rings. The molecule has 146 valence electrons. The number of hydrogen-bond donors (Lipinski definition) is 6. The quantitative estimate of drug-likeness (QED) is 0.224. The minimum Gasteiger partial charge on any atom is -0.329 e. The van der Waals surface area contributed by atoms with E-state index in [-0.39, 0.29) is 0 Å². The van der Waals surface area contributed by atoms with Gasteiger partial charge in [0.1, 0.15) is 0 Å². The molecule has 0 aliphatic carbocycles. The van der Waals surface area contributed by atoms with Crippen LogP contribution in [0.2, 0.25) is 0 Å². The fourth-order valence-electron chi connectivity index (χ4n) is 1.82. The van der Waals surface area contributed by atoms with Crippen LogP contribution in [0.5, 0.6) is 0 Å². The van der Waals surface area contributed by atoms with Gasteiger partial charge in [-0.05, 0) is 6.42 Å². The largest absolute Gasteiger partial charge is 0.329 e. The first-order valence-corrected chi connectivity index (χ1v) is 9.22. The van der Waals surface area contributed by atoms with E-state index in [2.05, 4.69) is 39.3 Å². The number of nitrogens with two attached hydrogens (primary N) is 2. The van der Waals surface area contributed by atoms with Crippen LogP contribution in [0.3, 0.4) is 0 Å². The second-order valence-corrected chi connectivity index (χ2v) is 5.38. The monoisotopic (exact) mass is 354 g/mol. The summed E-state index contributed by atoms with van der Waals surface area (Å²) in [6.07, 6.45) is 10.6. The van der Waals surface area contributed by atoms with Crippen LogP contribution in [0, 0.1) is 0 Å². The fraction of sp³-hybridized carbons (Fsp3) is 0.706. The minimum atomic E-state index is 0.706. The topological polar surface area (TPSA) is 118 Å². The van der Waals surface area contributed by atoms with E-state index in [1.54, 1.807) is 12.5 Å². The molecule has 1 heterocycles. The van der Waals surface area contributed by atoms with Crippen molar-refractivity contribution in [2.45, 2.75) is 13.3 Å². The van der Waals surface area contributed by atoms with Gasteiger partial charge < -0.3 is 37.3 Å². The number of imidazole rings is 1. The predicted octanol–water partition coefficient (Wildman–Crippen LogP) is -0.974. The van der Waals surface area contributed by atoms with Gasteiger partial charge in [-0.1, -0.05) is 13.0 Å². The molecule has 0 aromatic carbocycles. The number of hydrogen-bond acceptors (Lipinski definition) is 7. The number of nitrogens with zero attached hydrogens (tertiary/aromatic N) is 2. The Morgan fingerprint density at radius 3 is 1.68 bits per heavy atom. The molecule has 8 nitrogen and oxygen atoms in total.